The van der Waals surface area contributed by atoms with Gasteiger partial charge in [-0.25, -0.2) is 4.39 Å². The number of carbonyl (C=O) groups is 1. The maximum absolute atomic E-state index is 13.3. The van der Waals surface area contributed by atoms with E-state index in [9.17, 15) is 9.18 Å². The number of carboxylic acid groups (broad SMARTS) is 1. The second kappa shape index (κ2) is 6.08. The van der Waals surface area contributed by atoms with Gasteiger partial charge in [0.05, 0.1) is 7.11 Å². The SMILES string of the molecule is COc1ccc(NCC(C)CC(=O)O)cc1F. The molecule has 94 valence electrons. The summed E-state index contributed by atoms with van der Waals surface area (Å²) in [5.74, 6) is -1.10. The van der Waals surface area contributed by atoms with Crippen LogP contribution >= 0.6 is 0 Å². The highest BCUT2D eigenvalue weighted by molar-refractivity contribution is 5.67. The number of benzene rings is 1. The number of hydrogen-bond donors (Lipinski definition) is 2. The van der Waals surface area contributed by atoms with E-state index < -0.39 is 11.8 Å². The minimum atomic E-state index is -0.833. The van der Waals surface area contributed by atoms with Gasteiger partial charge in [-0.2, -0.15) is 0 Å². The number of hydrogen-bond acceptors (Lipinski definition) is 3. The summed E-state index contributed by atoms with van der Waals surface area (Å²) in [6.45, 7) is 2.30. The van der Waals surface area contributed by atoms with Crippen LogP contribution in [0.3, 0.4) is 0 Å². The number of aliphatic carboxylic acids is 1. The van der Waals surface area contributed by atoms with Gasteiger partial charge in [0.2, 0.25) is 0 Å². The molecule has 0 aliphatic rings. The zero-order valence-corrected chi connectivity index (χ0v) is 9.87. The molecule has 0 saturated carbocycles. The first-order valence-electron chi connectivity index (χ1n) is 5.32. The fourth-order valence-corrected chi connectivity index (χ4v) is 1.44. The molecule has 0 aliphatic carbocycles. The van der Waals surface area contributed by atoms with Crippen LogP contribution in [0.25, 0.3) is 0 Å². The Bertz CT molecular complexity index is 395. The Kier molecular flexibility index (Phi) is 4.75. The van der Waals surface area contributed by atoms with E-state index in [1.165, 1.54) is 19.2 Å². The van der Waals surface area contributed by atoms with Crippen molar-refractivity contribution >= 4 is 11.7 Å². The number of ether oxygens (including phenoxy) is 1. The van der Waals surface area contributed by atoms with E-state index in [4.69, 9.17) is 9.84 Å². The van der Waals surface area contributed by atoms with E-state index in [0.29, 0.717) is 12.2 Å². The van der Waals surface area contributed by atoms with E-state index in [1.54, 1.807) is 6.07 Å². The van der Waals surface area contributed by atoms with E-state index in [1.807, 2.05) is 6.92 Å². The van der Waals surface area contributed by atoms with Gasteiger partial charge in [-0.15, -0.1) is 0 Å². The topological polar surface area (TPSA) is 58.6 Å². The minimum absolute atomic E-state index is 0.0161. The molecule has 0 fully saturated rings. The average molecular weight is 241 g/mol. The van der Waals surface area contributed by atoms with Gasteiger partial charge in [0.1, 0.15) is 0 Å². The van der Waals surface area contributed by atoms with E-state index >= 15 is 0 Å². The first-order valence-corrected chi connectivity index (χ1v) is 5.32. The zero-order chi connectivity index (χ0) is 12.8. The zero-order valence-electron chi connectivity index (χ0n) is 9.87. The second-order valence-electron chi connectivity index (χ2n) is 3.93. The molecular formula is C12H16FNO3. The van der Waals surface area contributed by atoms with Crippen LogP contribution in [0, 0.1) is 11.7 Å². The van der Waals surface area contributed by atoms with Gasteiger partial charge in [0.25, 0.3) is 0 Å². The van der Waals surface area contributed by atoms with Gasteiger partial charge in [-0.05, 0) is 18.1 Å². The molecular weight excluding hydrogens is 225 g/mol. The summed E-state index contributed by atoms with van der Waals surface area (Å²) in [5, 5.41) is 11.6. The first-order chi connectivity index (χ1) is 8.02. The lowest BCUT2D eigenvalue weighted by Crippen LogP contribution is -2.15. The predicted molar refractivity (Wildman–Crippen MR) is 62.9 cm³/mol. The molecule has 0 aromatic heterocycles. The van der Waals surface area contributed by atoms with Crippen molar-refractivity contribution in [3.8, 4) is 5.75 Å². The van der Waals surface area contributed by atoms with Gasteiger partial charge in [-0.1, -0.05) is 6.92 Å². The molecule has 17 heavy (non-hydrogen) atoms. The lowest BCUT2D eigenvalue weighted by molar-refractivity contribution is -0.137. The number of halogens is 1. The molecule has 0 saturated heterocycles. The fourth-order valence-electron chi connectivity index (χ4n) is 1.44. The highest BCUT2D eigenvalue weighted by atomic mass is 19.1. The van der Waals surface area contributed by atoms with Crippen LogP contribution in [0.2, 0.25) is 0 Å². The molecule has 4 nitrogen and oxygen atoms in total. The van der Waals surface area contributed by atoms with Gasteiger partial charge in [0.15, 0.2) is 11.6 Å². The Labute approximate surface area is 99.4 Å². The molecule has 1 aromatic carbocycles. The van der Waals surface area contributed by atoms with E-state index in [2.05, 4.69) is 5.32 Å². The molecule has 0 spiro atoms. The summed E-state index contributed by atoms with van der Waals surface area (Å²) in [4.78, 5) is 10.5. The number of rotatable bonds is 6. The van der Waals surface area contributed by atoms with Gasteiger partial charge < -0.3 is 15.2 Å². The average Bonchev–Trinajstić information content (AvgIpc) is 2.25. The molecule has 0 bridgehead atoms. The van der Waals surface area contributed by atoms with Crippen LogP contribution < -0.4 is 10.1 Å². The summed E-state index contributed by atoms with van der Waals surface area (Å²) in [7, 11) is 1.40. The van der Waals surface area contributed by atoms with E-state index in [-0.39, 0.29) is 18.1 Å². The quantitative estimate of drug-likeness (QED) is 0.802. The Morgan fingerprint density at radius 3 is 2.82 bits per heavy atom. The standard InChI is InChI=1S/C12H16FNO3/c1-8(5-12(15)16)7-14-9-3-4-11(17-2)10(13)6-9/h3-4,6,8,14H,5,7H2,1-2H3,(H,15,16). The highest BCUT2D eigenvalue weighted by Crippen LogP contribution is 2.20. The third-order valence-electron chi connectivity index (χ3n) is 2.33. The van der Waals surface area contributed by atoms with Crippen LogP contribution in [0.15, 0.2) is 18.2 Å². The van der Waals surface area contributed by atoms with Crippen LogP contribution in [0.1, 0.15) is 13.3 Å². The van der Waals surface area contributed by atoms with Gasteiger partial charge >= 0.3 is 5.97 Å². The summed E-state index contributed by atoms with van der Waals surface area (Å²) in [5.41, 5.74) is 0.612. The summed E-state index contributed by atoms with van der Waals surface area (Å²) in [6, 6.07) is 4.54. The van der Waals surface area contributed by atoms with Crippen molar-refractivity contribution < 1.29 is 19.0 Å². The van der Waals surface area contributed by atoms with Gasteiger partial charge in [-0.3, -0.25) is 4.79 Å². The summed E-state index contributed by atoms with van der Waals surface area (Å²) < 4.78 is 18.1. The number of nitrogens with one attached hydrogen (secondary N) is 1. The minimum Gasteiger partial charge on any atom is -0.494 e. The number of methoxy groups -OCH3 is 1. The summed E-state index contributed by atoms with van der Waals surface area (Å²) in [6.07, 6.45) is 0.0889. The number of carboxylic acids is 1. The Morgan fingerprint density at radius 1 is 1.59 bits per heavy atom. The van der Waals surface area contributed by atoms with Crippen LogP contribution in [-0.4, -0.2) is 24.7 Å². The fraction of sp³-hybridized carbons (Fsp3) is 0.417. The molecule has 0 heterocycles. The molecule has 1 rings (SSSR count). The second-order valence-corrected chi connectivity index (χ2v) is 3.93. The lowest BCUT2D eigenvalue weighted by atomic mass is 10.1. The molecule has 0 radical (unpaired) electrons. The van der Waals surface area contributed by atoms with Crippen molar-refractivity contribution in [1.29, 1.82) is 0 Å². The maximum Gasteiger partial charge on any atom is 0.303 e. The molecule has 0 amide bonds. The maximum atomic E-state index is 13.3. The Morgan fingerprint density at radius 2 is 2.29 bits per heavy atom. The predicted octanol–water partition coefficient (Wildman–Crippen LogP) is 2.36. The molecule has 5 heteroatoms. The van der Waals surface area contributed by atoms with E-state index in [0.717, 1.165) is 0 Å². The third-order valence-corrected chi connectivity index (χ3v) is 2.33. The molecule has 1 unspecified atom stereocenters. The van der Waals surface area contributed by atoms with Crippen LogP contribution in [0.4, 0.5) is 10.1 Å². The van der Waals surface area contributed by atoms with Crippen LogP contribution in [0.5, 0.6) is 5.75 Å². The lowest BCUT2D eigenvalue weighted by Gasteiger charge is -2.12. The first kappa shape index (κ1) is 13.3. The molecule has 0 aliphatic heterocycles. The smallest absolute Gasteiger partial charge is 0.303 e. The number of anilines is 1. The Balaban J connectivity index is 2.52. The van der Waals surface area contributed by atoms with Gasteiger partial charge in [0, 0.05) is 24.7 Å². The van der Waals surface area contributed by atoms with Crippen molar-refractivity contribution in [3.63, 3.8) is 0 Å². The molecule has 2 N–H and O–H groups in total. The van der Waals surface area contributed by atoms with Crippen LogP contribution in [-0.2, 0) is 4.79 Å². The van der Waals surface area contributed by atoms with Crippen molar-refractivity contribution in [2.24, 2.45) is 5.92 Å². The molecule has 1 aromatic rings. The molecule has 1 atom stereocenters. The van der Waals surface area contributed by atoms with Crippen molar-refractivity contribution in [2.45, 2.75) is 13.3 Å². The monoisotopic (exact) mass is 241 g/mol. The normalized spacial score (nSPS) is 11.9. The van der Waals surface area contributed by atoms with Crippen molar-refractivity contribution in [2.75, 3.05) is 19.0 Å². The summed E-state index contributed by atoms with van der Waals surface area (Å²) >= 11 is 0. The van der Waals surface area contributed by atoms with Crippen molar-refractivity contribution in [1.82, 2.24) is 0 Å². The highest BCUT2D eigenvalue weighted by Gasteiger charge is 2.08. The third kappa shape index (κ3) is 4.30. The Hall–Kier alpha value is -1.78. The largest absolute Gasteiger partial charge is 0.494 e. The van der Waals surface area contributed by atoms with Crippen molar-refractivity contribution in [3.05, 3.63) is 24.0 Å².